The van der Waals surface area contributed by atoms with Gasteiger partial charge in [0.25, 0.3) is 0 Å². The lowest BCUT2D eigenvalue weighted by Gasteiger charge is -2.18. The van der Waals surface area contributed by atoms with E-state index in [1.807, 2.05) is 24.3 Å². The van der Waals surface area contributed by atoms with Gasteiger partial charge in [0.1, 0.15) is 0 Å². The van der Waals surface area contributed by atoms with Crippen LogP contribution >= 0.6 is 0 Å². The maximum Gasteiger partial charge on any atom is 0.245 e. The number of rotatable bonds is 4. The topological polar surface area (TPSA) is 66.8 Å². The summed E-state index contributed by atoms with van der Waals surface area (Å²) < 4.78 is 0. The number of nitrogens with zero attached hydrogens (tertiary/aromatic N) is 5. The second-order valence-electron chi connectivity index (χ2n) is 5.34. The molecule has 0 bridgehead atoms. The van der Waals surface area contributed by atoms with Crippen molar-refractivity contribution in [3.63, 3.8) is 0 Å². The fraction of sp³-hybridized carbons (Fsp3) is 0.176. The van der Waals surface area contributed by atoms with Crippen LogP contribution in [0.25, 0.3) is 0 Å². The minimum Gasteiger partial charge on any atom is -0.347 e. The van der Waals surface area contributed by atoms with Crippen molar-refractivity contribution in [3.8, 4) is 0 Å². The third kappa shape index (κ3) is 2.83. The molecule has 3 aromatic rings. The summed E-state index contributed by atoms with van der Waals surface area (Å²) in [6.45, 7) is 1.49. The highest BCUT2D eigenvalue weighted by Gasteiger charge is 2.21. The predicted molar refractivity (Wildman–Crippen MR) is 88.5 cm³/mol. The number of hydrogen-bond donors (Lipinski definition) is 1. The van der Waals surface area contributed by atoms with Crippen molar-refractivity contribution in [2.24, 2.45) is 0 Å². The van der Waals surface area contributed by atoms with Crippen LogP contribution in [0.5, 0.6) is 0 Å². The second-order valence-corrected chi connectivity index (χ2v) is 5.34. The van der Waals surface area contributed by atoms with Crippen LogP contribution in [0.4, 0.5) is 17.5 Å². The van der Waals surface area contributed by atoms with Gasteiger partial charge in [-0.25, -0.2) is 0 Å². The summed E-state index contributed by atoms with van der Waals surface area (Å²) in [4.78, 5) is 11.0. The Kier molecular flexibility index (Phi) is 3.56. The van der Waals surface area contributed by atoms with Gasteiger partial charge in [-0.2, -0.15) is 10.1 Å². The van der Waals surface area contributed by atoms with Gasteiger partial charge < -0.3 is 10.2 Å². The maximum atomic E-state index is 4.58. The van der Waals surface area contributed by atoms with Gasteiger partial charge in [0.15, 0.2) is 5.82 Å². The van der Waals surface area contributed by atoms with E-state index < -0.39 is 0 Å². The van der Waals surface area contributed by atoms with E-state index in [9.17, 15) is 0 Å². The van der Waals surface area contributed by atoms with Gasteiger partial charge in [0, 0.05) is 18.4 Å². The standard InChI is InChI=1S/C17H16N6/c1-2-7-15-13(5-1)8-10-23(15)16-12-20-22-17(21-16)19-11-14-6-3-4-9-18-14/h1-7,9,12H,8,10-11H2,(H,19,21,22). The first kappa shape index (κ1) is 13.6. The molecule has 1 N–H and O–H groups in total. The summed E-state index contributed by atoms with van der Waals surface area (Å²) in [5, 5.41) is 11.3. The van der Waals surface area contributed by atoms with E-state index in [2.05, 4.69) is 48.6 Å². The molecule has 6 nitrogen and oxygen atoms in total. The van der Waals surface area contributed by atoms with Gasteiger partial charge >= 0.3 is 0 Å². The minimum absolute atomic E-state index is 0.512. The fourth-order valence-electron chi connectivity index (χ4n) is 2.75. The Morgan fingerprint density at radius 1 is 1.09 bits per heavy atom. The highest BCUT2D eigenvalue weighted by molar-refractivity contribution is 5.67. The molecule has 1 aromatic carbocycles. The molecule has 1 aliphatic heterocycles. The van der Waals surface area contributed by atoms with Crippen molar-refractivity contribution in [1.29, 1.82) is 0 Å². The van der Waals surface area contributed by atoms with E-state index in [1.165, 1.54) is 11.3 Å². The van der Waals surface area contributed by atoms with Crippen molar-refractivity contribution in [2.75, 3.05) is 16.8 Å². The zero-order chi connectivity index (χ0) is 15.5. The summed E-state index contributed by atoms with van der Waals surface area (Å²) in [6, 6.07) is 14.2. The van der Waals surface area contributed by atoms with Crippen LogP contribution in [0.3, 0.4) is 0 Å². The third-order valence-corrected chi connectivity index (χ3v) is 3.86. The van der Waals surface area contributed by atoms with Crippen molar-refractivity contribution in [3.05, 3.63) is 66.1 Å². The average molecular weight is 304 g/mol. The molecule has 2 aromatic heterocycles. The molecule has 0 fully saturated rings. The number of pyridine rings is 1. The Morgan fingerprint density at radius 3 is 2.91 bits per heavy atom. The summed E-state index contributed by atoms with van der Waals surface area (Å²) in [5.74, 6) is 1.33. The minimum atomic E-state index is 0.512. The largest absolute Gasteiger partial charge is 0.347 e. The molecule has 0 unspecified atom stereocenters. The first-order chi connectivity index (χ1) is 11.4. The van der Waals surface area contributed by atoms with E-state index in [4.69, 9.17) is 0 Å². The molecule has 0 saturated carbocycles. The Bertz CT molecular complexity index is 805. The van der Waals surface area contributed by atoms with Crippen molar-refractivity contribution in [2.45, 2.75) is 13.0 Å². The summed E-state index contributed by atoms with van der Waals surface area (Å²) in [7, 11) is 0. The molecule has 1 aliphatic rings. The molecule has 0 saturated heterocycles. The molecule has 0 spiro atoms. The molecule has 4 rings (SSSR count). The molecule has 0 amide bonds. The van der Waals surface area contributed by atoms with Gasteiger partial charge in [-0.3, -0.25) is 4.98 Å². The van der Waals surface area contributed by atoms with Crippen LogP contribution in [-0.4, -0.2) is 26.7 Å². The Morgan fingerprint density at radius 2 is 2.00 bits per heavy atom. The number of benzene rings is 1. The van der Waals surface area contributed by atoms with E-state index in [-0.39, 0.29) is 0 Å². The molecule has 6 heteroatoms. The van der Waals surface area contributed by atoms with Gasteiger partial charge in [-0.1, -0.05) is 24.3 Å². The number of anilines is 3. The molecule has 0 atom stereocenters. The predicted octanol–water partition coefficient (Wildman–Crippen LogP) is 2.57. The second kappa shape index (κ2) is 6.00. The number of para-hydroxylation sites is 1. The normalized spacial score (nSPS) is 13.0. The van der Waals surface area contributed by atoms with Crippen molar-refractivity contribution in [1.82, 2.24) is 20.2 Å². The number of fused-ring (bicyclic) bond motifs is 1. The Hall–Kier alpha value is -3.02. The lowest BCUT2D eigenvalue weighted by molar-refractivity contribution is 0.898. The molecular weight excluding hydrogens is 288 g/mol. The zero-order valence-corrected chi connectivity index (χ0v) is 12.6. The average Bonchev–Trinajstić information content (AvgIpc) is 3.05. The van der Waals surface area contributed by atoms with Gasteiger partial charge in [0.05, 0.1) is 18.4 Å². The maximum absolute atomic E-state index is 4.58. The first-order valence-electron chi connectivity index (χ1n) is 7.59. The SMILES string of the molecule is c1ccc(CNc2nncc(N3CCc4ccccc43)n2)nc1. The highest BCUT2D eigenvalue weighted by Crippen LogP contribution is 2.32. The lowest BCUT2D eigenvalue weighted by Crippen LogP contribution is -2.16. The number of aromatic nitrogens is 4. The smallest absolute Gasteiger partial charge is 0.245 e. The van der Waals surface area contributed by atoms with Crippen molar-refractivity contribution >= 4 is 17.5 Å². The summed E-state index contributed by atoms with van der Waals surface area (Å²) in [5.41, 5.74) is 3.48. The third-order valence-electron chi connectivity index (χ3n) is 3.86. The Balaban J connectivity index is 1.53. The summed E-state index contributed by atoms with van der Waals surface area (Å²) >= 11 is 0. The lowest BCUT2D eigenvalue weighted by atomic mass is 10.2. The van der Waals surface area contributed by atoms with E-state index in [0.29, 0.717) is 12.5 Å². The van der Waals surface area contributed by atoms with E-state index in [0.717, 1.165) is 24.5 Å². The van der Waals surface area contributed by atoms with Crippen LogP contribution in [0.1, 0.15) is 11.3 Å². The van der Waals surface area contributed by atoms with Gasteiger partial charge in [-0.05, 0) is 30.2 Å². The van der Waals surface area contributed by atoms with E-state index in [1.54, 1.807) is 12.4 Å². The molecule has 3 heterocycles. The molecular formula is C17H16N6. The molecule has 0 radical (unpaired) electrons. The highest BCUT2D eigenvalue weighted by atomic mass is 15.3. The van der Waals surface area contributed by atoms with Gasteiger partial charge in [0.2, 0.25) is 5.95 Å². The Labute approximate surface area is 134 Å². The number of nitrogens with one attached hydrogen (secondary N) is 1. The zero-order valence-electron chi connectivity index (χ0n) is 12.6. The molecule has 0 aliphatic carbocycles. The fourth-order valence-corrected chi connectivity index (χ4v) is 2.75. The van der Waals surface area contributed by atoms with E-state index >= 15 is 0 Å². The van der Waals surface area contributed by atoms with Crippen LogP contribution in [0.15, 0.2) is 54.9 Å². The first-order valence-corrected chi connectivity index (χ1v) is 7.59. The number of hydrogen-bond acceptors (Lipinski definition) is 6. The van der Waals surface area contributed by atoms with Crippen LogP contribution in [-0.2, 0) is 13.0 Å². The molecule has 23 heavy (non-hydrogen) atoms. The molecule has 114 valence electrons. The van der Waals surface area contributed by atoms with Crippen LogP contribution in [0, 0.1) is 0 Å². The van der Waals surface area contributed by atoms with Crippen molar-refractivity contribution < 1.29 is 0 Å². The van der Waals surface area contributed by atoms with Gasteiger partial charge in [-0.15, -0.1) is 5.10 Å². The van der Waals surface area contributed by atoms with Crippen LogP contribution < -0.4 is 10.2 Å². The summed E-state index contributed by atoms with van der Waals surface area (Å²) in [6.07, 6.45) is 4.50. The quantitative estimate of drug-likeness (QED) is 0.799. The van der Waals surface area contributed by atoms with Crippen LogP contribution in [0.2, 0.25) is 0 Å². The monoisotopic (exact) mass is 304 g/mol.